The quantitative estimate of drug-likeness (QED) is 0.677. The number of hydrogen-bond acceptors (Lipinski definition) is 3. The van der Waals surface area contributed by atoms with Crippen molar-refractivity contribution >= 4 is 11.7 Å². The van der Waals surface area contributed by atoms with E-state index in [1.54, 1.807) is 6.08 Å². The van der Waals surface area contributed by atoms with Crippen LogP contribution < -0.4 is 4.90 Å². The van der Waals surface area contributed by atoms with Crippen LogP contribution in [-0.2, 0) is 14.9 Å². The van der Waals surface area contributed by atoms with Crippen LogP contribution in [0.4, 0.5) is 5.69 Å². The van der Waals surface area contributed by atoms with Gasteiger partial charge in [0.1, 0.15) is 6.10 Å². The highest BCUT2D eigenvalue weighted by molar-refractivity contribution is 5.85. The zero-order valence-electron chi connectivity index (χ0n) is 11.7. The fraction of sp³-hybridized carbons (Fsp3) is 0.353. The molecule has 0 N–H and O–H groups in total. The molecular formula is C17H17NO2. The SMILES string of the molecule is CC1(C)C2=C3C=CC(=O)OC3CCN2c2ccccc21. The van der Waals surface area contributed by atoms with Gasteiger partial charge in [0.25, 0.3) is 0 Å². The zero-order chi connectivity index (χ0) is 13.9. The third-order valence-electron chi connectivity index (χ3n) is 4.62. The number of carbonyl (C=O) groups excluding carboxylic acids is 1. The molecule has 20 heavy (non-hydrogen) atoms. The van der Waals surface area contributed by atoms with Gasteiger partial charge in [0.2, 0.25) is 0 Å². The Kier molecular flexibility index (Phi) is 2.21. The Morgan fingerprint density at radius 3 is 2.90 bits per heavy atom. The Morgan fingerprint density at radius 1 is 1.25 bits per heavy atom. The van der Waals surface area contributed by atoms with E-state index in [9.17, 15) is 4.79 Å². The summed E-state index contributed by atoms with van der Waals surface area (Å²) >= 11 is 0. The van der Waals surface area contributed by atoms with E-state index in [4.69, 9.17) is 4.74 Å². The third-order valence-corrected chi connectivity index (χ3v) is 4.62. The second kappa shape index (κ2) is 3.75. The maximum Gasteiger partial charge on any atom is 0.331 e. The smallest absolute Gasteiger partial charge is 0.331 e. The fourth-order valence-electron chi connectivity index (χ4n) is 3.77. The lowest BCUT2D eigenvalue weighted by molar-refractivity contribution is -0.142. The summed E-state index contributed by atoms with van der Waals surface area (Å²) in [6.07, 6.45) is 4.28. The molecule has 0 bridgehead atoms. The van der Waals surface area contributed by atoms with Crippen LogP contribution >= 0.6 is 0 Å². The summed E-state index contributed by atoms with van der Waals surface area (Å²) in [5.74, 6) is -0.221. The van der Waals surface area contributed by atoms with Gasteiger partial charge in [-0.3, -0.25) is 0 Å². The minimum atomic E-state index is -0.221. The molecule has 3 aliphatic heterocycles. The first kappa shape index (κ1) is 11.8. The lowest BCUT2D eigenvalue weighted by Gasteiger charge is -2.38. The molecule has 3 heterocycles. The lowest BCUT2D eigenvalue weighted by atomic mass is 9.79. The Balaban J connectivity index is 1.97. The molecule has 0 aliphatic carbocycles. The van der Waals surface area contributed by atoms with Crippen LogP contribution in [0.5, 0.6) is 0 Å². The highest BCUT2D eigenvalue weighted by Crippen LogP contribution is 2.51. The van der Waals surface area contributed by atoms with Gasteiger partial charge >= 0.3 is 5.97 Å². The maximum absolute atomic E-state index is 11.4. The number of carbonyl (C=O) groups is 1. The van der Waals surface area contributed by atoms with Gasteiger partial charge in [-0.05, 0) is 17.7 Å². The predicted molar refractivity (Wildman–Crippen MR) is 77.5 cm³/mol. The Morgan fingerprint density at radius 2 is 2.05 bits per heavy atom. The largest absolute Gasteiger partial charge is 0.454 e. The highest BCUT2D eigenvalue weighted by atomic mass is 16.5. The zero-order valence-corrected chi connectivity index (χ0v) is 11.7. The first-order chi connectivity index (χ1) is 9.59. The predicted octanol–water partition coefficient (Wildman–Crippen LogP) is 2.92. The van der Waals surface area contributed by atoms with Crippen molar-refractivity contribution in [1.29, 1.82) is 0 Å². The van der Waals surface area contributed by atoms with E-state index in [0.717, 1.165) is 18.5 Å². The van der Waals surface area contributed by atoms with E-state index in [2.05, 4.69) is 43.0 Å². The summed E-state index contributed by atoms with van der Waals surface area (Å²) in [6, 6.07) is 8.57. The van der Waals surface area contributed by atoms with Gasteiger partial charge in [0.05, 0.1) is 0 Å². The van der Waals surface area contributed by atoms with Gasteiger partial charge in [-0.2, -0.15) is 0 Å². The molecule has 3 nitrogen and oxygen atoms in total. The summed E-state index contributed by atoms with van der Waals surface area (Å²) in [5, 5.41) is 0. The van der Waals surface area contributed by atoms with Crippen LogP contribution in [0.25, 0.3) is 0 Å². The van der Waals surface area contributed by atoms with E-state index < -0.39 is 0 Å². The molecule has 0 amide bonds. The number of allylic oxidation sites excluding steroid dienone is 1. The number of hydrogen-bond donors (Lipinski definition) is 0. The second-order valence-corrected chi connectivity index (χ2v) is 6.15. The molecule has 4 rings (SSSR count). The van der Waals surface area contributed by atoms with E-state index >= 15 is 0 Å². The molecule has 1 aromatic carbocycles. The van der Waals surface area contributed by atoms with E-state index in [-0.39, 0.29) is 17.5 Å². The minimum Gasteiger partial charge on any atom is -0.454 e. The van der Waals surface area contributed by atoms with Crippen molar-refractivity contribution in [3.63, 3.8) is 0 Å². The molecule has 3 heteroatoms. The van der Waals surface area contributed by atoms with Gasteiger partial charge in [0, 0.05) is 41.4 Å². The van der Waals surface area contributed by atoms with Crippen LogP contribution in [0.2, 0.25) is 0 Å². The minimum absolute atomic E-state index is 0.0430. The summed E-state index contributed by atoms with van der Waals surface area (Å²) in [5.41, 5.74) is 5.06. The summed E-state index contributed by atoms with van der Waals surface area (Å²) < 4.78 is 5.48. The van der Waals surface area contributed by atoms with Crippen molar-refractivity contribution in [2.75, 3.05) is 11.4 Å². The van der Waals surface area contributed by atoms with Gasteiger partial charge in [-0.25, -0.2) is 4.79 Å². The lowest BCUT2D eigenvalue weighted by Crippen LogP contribution is -2.40. The molecule has 0 radical (unpaired) electrons. The van der Waals surface area contributed by atoms with Crippen molar-refractivity contribution in [2.24, 2.45) is 0 Å². The monoisotopic (exact) mass is 267 g/mol. The molecular weight excluding hydrogens is 250 g/mol. The molecule has 1 unspecified atom stereocenters. The van der Waals surface area contributed by atoms with Crippen LogP contribution in [-0.4, -0.2) is 18.6 Å². The van der Waals surface area contributed by atoms with Gasteiger partial charge in [-0.15, -0.1) is 0 Å². The van der Waals surface area contributed by atoms with Crippen molar-refractivity contribution in [3.8, 4) is 0 Å². The van der Waals surface area contributed by atoms with Crippen LogP contribution in [0.3, 0.4) is 0 Å². The molecule has 1 aromatic rings. The molecule has 0 aromatic heterocycles. The average molecular weight is 267 g/mol. The summed E-state index contributed by atoms with van der Waals surface area (Å²) in [4.78, 5) is 13.8. The molecule has 1 atom stereocenters. The van der Waals surface area contributed by atoms with Crippen molar-refractivity contribution < 1.29 is 9.53 Å². The van der Waals surface area contributed by atoms with E-state index in [1.807, 2.05) is 6.08 Å². The number of benzene rings is 1. The van der Waals surface area contributed by atoms with Crippen molar-refractivity contribution in [3.05, 3.63) is 53.3 Å². The molecule has 0 fully saturated rings. The second-order valence-electron chi connectivity index (χ2n) is 6.15. The Bertz CT molecular complexity index is 669. The van der Waals surface area contributed by atoms with Gasteiger partial charge < -0.3 is 9.64 Å². The molecule has 3 aliphatic rings. The molecule has 102 valence electrons. The number of rotatable bonds is 0. The Hall–Kier alpha value is -2.03. The number of ether oxygens (including phenoxy) is 1. The summed E-state index contributed by atoms with van der Waals surface area (Å²) in [7, 11) is 0. The molecule has 0 saturated carbocycles. The number of para-hydroxylation sites is 1. The fourth-order valence-corrected chi connectivity index (χ4v) is 3.77. The Labute approximate surface area is 118 Å². The van der Waals surface area contributed by atoms with Crippen LogP contribution in [0, 0.1) is 0 Å². The van der Waals surface area contributed by atoms with Crippen LogP contribution in [0.1, 0.15) is 25.8 Å². The number of fused-ring (bicyclic) bond motifs is 4. The number of anilines is 1. The van der Waals surface area contributed by atoms with E-state index in [1.165, 1.54) is 16.9 Å². The molecule has 0 saturated heterocycles. The number of esters is 1. The maximum atomic E-state index is 11.4. The standard InChI is InChI=1S/C17H17NO2/c1-17(2)12-5-3-4-6-13(12)18-10-9-14-11(16(17)18)7-8-15(19)20-14/h3-8,14H,9-10H2,1-2H3. The average Bonchev–Trinajstić information content (AvgIpc) is 2.68. The summed E-state index contributed by atoms with van der Waals surface area (Å²) in [6.45, 7) is 5.41. The topological polar surface area (TPSA) is 29.5 Å². The highest BCUT2D eigenvalue weighted by Gasteiger charge is 2.45. The third kappa shape index (κ3) is 1.38. The number of nitrogens with zero attached hydrogens (tertiary/aromatic N) is 1. The normalized spacial score (nSPS) is 26.0. The first-order valence-electron chi connectivity index (χ1n) is 7.09. The van der Waals surface area contributed by atoms with Crippen LogP contribution in [0.15, 0.2) is 47.7 Å². The van der Waals surface area contributed by atoms with Gasteiger partial charge in [0.15, 0.2) is 0 Å². The van der Waals surface area contributed by atoms with Gasteiger partial charge in [-0.1, -0.05) is 32.0 Å². The van der Waals surface area contributed by atoms with E-state index in [0.29, 0.717) is 0 Å². The van der Waals surface area contributed by atoms with Crippen molar-refractivity contribution in [2.45, 2.75) is 31.8 Å². The molecule has 0 spiro atoms. The first-order valence-corrected chi connectivity index (χ1v) is 7.09. The van der Waals surface area contributed by atoms with Crippen molar-refractivity contribution in [1.82, 2.24) is 0 Å².